The molecule has 1 aromatic carbocycles. The van der Waals surface area contributed by atoms with Crippen molar-refractivity contribution in [1.29, 1.82) is 0 Å². The van der Waals surface area contributed by atoms with Crippen LogP contribution >= 0.6 is 0 Å². The number of hydrogen-bond acceptors (Lipinski definition) is 7. The summed E-state index contributed by atoms with van der Waals surface area (Å²) in [6, 6.07) is 8.02. The van der Waals surface area contributed by atoms with Gasteiger partial charge in [0.1, 0.15) is 5.82 Å². The monoisotopic (exact) mass is 378 g/mol. The first-order valence-electron chi connectivity index (χ1n) is 9.58. The maximum absolute atomic E-state index is 6.47. The number of aromatic nitrogens is 4. The zero-order valence-electron chi connectivity index (χ0n) is 16.3. The second kappa shape index (κ2) is 7.55. The fraction of sp³-hybridized carbons (Fsp3) is 0.400. The van der Waals surface area contributed by atoms with Gasteiger partial charge in [0, 0.05) is 38.1 Å². The van der Waals surface area contributed by atoms with E-state index in [1.54, 1.807) is 17.9 Å². The Morgan fingerprint density at radius 1 is 1.21 bits per heavy atom. The highest BCUT2D eigenvalue weighted by Gasteiger charge is 2.29. The number of nitrogens with zero attached hydrogens (tertiary/aromatic N) is 5. The molecule has 8 heteroatoms. The molecule has 0 amide bonds. The number of benzene rings is 1. The molecule has 4 rings (SSSR count). The molecule has 2 heterocycles. The van der Waals surface area contributed by atoms with Gasteiger partial charge in [0.05, 0.1) is 11.6 Å². The molecule has 0 saturated heterocycles. The van der Waals surface area contributed by atoms with Crippen molar-refractivity contribution in [1.82, 2.24) is 19.7 Å². The first-order chi connectivity index (χ1) is 13.6. The van der Waals surface area contributed by atoms with Crippen molar-refractivity contribution in [3.8, 4) is 0 Å². The topological polar surface area (TPSA) is 106 Å². The first kappa shape index (κ1) is 18.4. The minimum absolute atomic E-state index is 0.172. The molecule has 0 bridgehead atoms. The number of aryl methyl sites for hydroxylation is 1. The lowest BCUT2D eigenvalue weighted by atomic mass is 10.00. The third kappa shape index (κ3) is 3.82. The largest absolute Gasteiger partial charge is 0.352 e. The molecule has 28 heavy (non-hydrogen) atoms. The average Bonchev–Trinajstić information content (AvgIpc) is 3.29. The molecular formula is C20H26N8. The molecule has 1 fully saturated rings. The Morgan fingerprint density at radius 3 is 2.68 bits per heavy atom. The summed E-state index contributed by atoms with van der Waals surface area (Å²) in [5.74, 6) is 1.28. The van der Waals surface area contributed by atoms with Gasteiger partial charge in [0.25, 0.3) is 0 Å². The molecule has 8 nitrogen and oxygen atoms in total. The Bertz CT molecular complexity index is 983. The molecule has 0 unspecified atom stereocenters. The Labute approximate surface area is 164 Å². The minimum Gasteiger partial charge on any atom is -0.352 e. The van der Waals surface area contributed by atoms with Gasteiger partial charge >= 0.3 is 0 Å². The number of anilines is 3. The zero-order valence-corrected chi connectivity index (χ0v) is 16.3. The van der Waals surface area contributed by atoms with Gasteiger partial charge in [-0.2, -0.15) is 15.1 Å². The van der Waals surface area contributed by atoms with Gasteiger partial charge in [0.2, 0.25) is 5.95 Å². The molecule has 3 aromatic rings. The number of hydrogen-bond donors (Lipinski definition) is 3. The lowest BCUT2D eigenvalue weighted by Gasteiger charge is -2.23. The SMILES string of the molecule is CN=Cc1ccc(Nc2nc(NCC3(N)CCCC3)nc3c2cnn3C)cc1. The molecule has 1 aliphatic rings. The van der Waals surface area contributed by atoms with Crippen LogP contribution in [0.4, 0.5) is 17.5 Å². The highest BCUT2D eigenvalue weighted by molar-refractivity contribution is 5.89. The summed E-state index contributed by atoms with van der Waals surface area (Å²) in [6.07, 6.45) is 8.04. The van der Waals surface area contributed by atoms with E-state index in [0.717, 1.165) is 40.9 Å². The quantitative estimate of drug-likeness (QED) is 0.570. The van der Waals surface area contributed by atoms with Gasteiger partial charge in [-0.25, -0.2) is 0 Å². The summed E-state index contributed by atoms with van der Waals surface area (Å²) in [6.45, 7) is 0.668. The summed E-state index contributed by atoms with van der Waals surface area (Å²) in [5.41, 5.74) is 9.06. The molecule has 146 valence electrons. The Morgan fingerprint density at radius 2 is 1.96 bits per heavy atom. The third-order valence-electron chi connectivity index (χ3n) is 5.24. The van der Waals surface area contributed by atoms with Crippen molar-refractivity contribution < 1.29 is 0 Å². The maximum Gasteiger partial charge on any atom is 0.226 e. The molecule has 0 radical (unpaired) electrons. The molecular weight excluding hydrogens is 352 g/mol. The first-order valence-corrected chi connectivity index (χ1v) is 9.58. The average molecular weight is 378 g/mol. The van der Waals surface area contributed by atoms with Gasteiger partial charge in [-0.3, -0.25) is 9.67 Å². The van der Waals surface area contributed by atoms with E-state index in [1.165, 1.54) is 12.8 Å². The normalized spacial score (nSPS) is 16.1. The van der Waals surface area contributed by atoms with E-state index in [0.29, 0.717) is 12.5 Å². The van der Waals surface area contributed by atoms with E-state index in [9.17, 15) is 0 Å². The van der Waals surface area contributed by atoms with Crippen LogP contribution in [0.15, 0.2) is 35.5 Å². The third-order valence-corrected chi connectivity index (χ3v) is 5.24. The van der Waals surface area contributed by atoms with Crippen LogP contribution in [0, 0.1) is 0 Å². The molecule has 0 spiro atoms. The predicted octanol–water partition coefficient (Wildman–Crippen LogP) is 2.84. The smallest absolute Gasteiger partial charge is 0.226 e. The molecule has 2 aromatic heterocycles. The lowest BCUT2D eigenvalue weighted by molar-refractivity contribution is 0.463. The van der Waals surface area contributed by atoms with Crippen molar-refractivity contribution in [3.05, 3.63) is 36.0 Å². The highest BCUT2D eigenvalue weighted by Crippen LogP contribution is 2.28. The van der Waals surface area contributed by atoms with Crippen molar-refractivity contribution in [2.45, 2.75) is 31.2 Å². The Balaban J connectivity index is 1.60. The molecule has 1 saturated carbocycles. The van der Waals surface area contributed by atoms with E-state index in [4.69, 9.17) is 10.7 Å². The minimum atomic E-state index is -0.172. The second-order valence-electron chi connectivity index (χ2n) is 7.46. The molecule has 4 N–H and O–H groups in total. The van der Waals surface area contributed by atoms with Crippen LogP contribution in [-0.4, -0.2) is 45.1 Å². The molecule has 0 aliphatic heterocycles. The number of nitrogens with two attached hydrogens (primary N) is 1. The molecule has 1 aliphatic carbocycles. The number of fused-ring (bicyclic) bond motifs is 1. The fourth-order valence-electron chi connectivity index (χ4n) is 3.65. The van der Waals surface area contributed by atoms with Crippen LogP contribution in [0.1, 0.15) is 31.2 Å². The van der Waals surface area contributed by atoms with Crippen LogP contribution < -0.4 is 16.4 Å². The van der Waals surface area contributed by atoms with Gasteiger partial charge in [-0.1, -0.05) is 25.0 Å². The lowest BCUT2D eigenvalue weighted by Crippen LogP contribution is -2.43. The van der Waals surface area contributed by atoms with Crippen molar-refractivity contribution in [2.24, 2.45) is 17.8 Å². The number of aliphatic imine (C=N–C) groups is 1. The summed E-state index contributed by atoms with van der Waals surface area (Å²) < 4.78 is 1.75. The highest BCUT2D eigenvalue weighted by atomic mass is 15.3. The maximum atomic E-state index is 6.47. The van der Waals surface area contributed by atoms with Crippen LogP contribution in [0.2, 0.25) is 0 Å². The van der Waals surface area contributed by atoms with Crippen molar-refractivity contribution in [2.75, 3.05) is 24.2 Å². The van der Waals surface area contributed by atoms with Gasteiger partial charge in [-0.15, -0.1) is 0 Å². The predicted molar refractivity (Wildman–Crippen MR) is 113 cm³/mol. The van der Waals surface area contributed by atoms with E-state index < -0.39 is 0 Å². The standard InChI is InChI=1S/C20H26N8/c1-22-11-14-5-7-15(8-6-14)25-17-16-12-24-28(2)18(16)27-19(26-17)23-13-20(21)9-3-4-10-20/h5-8,11-12H,3-4,9-10,13,21H2,1-2H3,(H2,23,25,26,27). The molecule has 0 atom stereocenters. The van der Waals surface area contributed by atoms with Crippen LogP contribution in [0.3, 0.4) is 0 Å². The summed E-state index contributed by atoms with van der Waals surface area (Å²) in [4.78, 5) is 13.4. The van der Waals surface area contributed by atoms with Gasteiger partial charge in [0.15, 0.2) is 5.65 Å². The van der Waals surface area contributed by atoms with E-state index in [-0.39, 0.29) is 5.54 Å². The van der Waals surface area contributed by atoms with E-state index in [2.05, 4.69) is 25.7 Å². The van der Waals surface area contributed by atoms with Crippen molar-refractivity contribution in [3.63, 3.8) is 0 Å². The van der Waals surface area contributed by atoms with E-state index >= 15 is 0 Å². The summed E-state index contributed by atoms with van der Waals surface area (Å²) >= 11 is 0. The van der Waals surface area contributed by atoms with Gasteiger partial charge in [-0.05, 0) is 30.5 Å². The van der Waals surface area contributed by atoms with E-state index in [1.807, 2.05) is 37.5 Å². The zero-order chi connectivity index (χ0) is 19.6. The van der Waals surface area contributed by atoms with Crippen LogP contribution in [0.5, 0.6) is 0 Å². The summed E-state index contributed by atoms with van der Waals surface area (Å²) in [7, 11) is 3.64. The van der Waals surface area contributed by atoms with Crippen LogP contribution in [-0.2, 0) is 7.05 Å². The second-order valence-corrected chi connectivity index (χ2v) is 7.46. The number of nitrogens with one attached hydrogen (secondary N) is 2. The Hall–Kier alpha value is -3.00. The van der Waals surface area contributed by atoms with Gasteiger partial charge < -0.3 is 16.4 Å². The van der Waals surface area contributed by atoms with Crippen molar-refractivity contribution >= 4 is 34.7 Å². The fourth-order valence-corrected chi connectivity index (χ4v) is 3.65. The summed E-state index contributed by atoms with van der Waals surface area (Å²) in [5, 5.41) is 11.9. The Kier molecular flexibility index (Phi) is 4.95. The van der Waals surface area contributed by atoms with Crippen LogP contribution in [0.25, 0.3) is 11.0 Å². The number of rotatable bonds is 6.